The van der Waals surface area contributed by atoms with Gasteiger partial charge in [-0.1, -0.05) is 50.5 Å². The van der Waals surface area contributed by atoms with Crippen LogP contribution in [0.25, 0.3) is 0 Å². The zero-order valence-corrected chi connectivity index (χ0v) is 19.8. The second kappa shape index (κ2) is 9.61. The highest BCUT2D eigenvalue weighted by atomic mass is 32.1. The maximum absolute atomic E-state index is 5.64. The first-order valence-electron chi connectivity index (χ1n) is 12.2. The first kappa shape index (κ1) is 21.4. The number of hydrogen-bond acceptors (Lipinski definition) is 5. The second-order valence-electron chi connectivity index (χ2n) is 9.66. The standard InChI is InChI=1S/C25H34N6S/c1-18-8-7-13-30(15-18)22-14-23(31-16-19-9-5-6-10-20(19)17-31)28-24(27-22)29-25(32)26-21-11-3-2-4-12-21/h5-6,9-10,14,18,21H,2-4,7-8,11-13,15-17H2,1H3,(H2,26,27,28,29,32). The van der Waals surface area contributed by atoms with E-state index in [1.165, 1.54) is 56.1 Å². The third-order valence-electron chi connectivity index (χ3n) is 7.01. The van der Waals surface area contributed by atoms with Crippen LogP contribution in [0, 0.1) is 5.92 Å². The van der Waals surface area contributed by atoms with Crippen molar-refractivity contribution < 1.29 is 0 Å². The lowest BCUT2D eigenvalue weighted by Gasteiger charge is -2.32. The first-order chi connectivity index (χ1) is 15.6. The lowest BCUT2D eigenvalue weighted by Crippen LogP contribution is -2.39. The average molecular weight is 451 g/mol. The summed E-state index contributed by atoms with van der Waals surface area (Å²) in [5, 5.41) is 7.44. The van der Waals surface area contributed by atoms with Gasteiger partial charge in [-0.3, -0.25) is 0 Å². The largest absolute Gasteiger partial charge is 0.360 e. The normalized spacial score (nSPS) is 21.3. The van der Waals surface area contributed by atoms with Crippen molar-refractivity contribution in [2.75, 3.05) is 28.2 Å². The molecule has 1 saturated heterocycles. The summed E-state index contributed by atoms with van der Waals surface area (Å²) < 4.78 is 0. The molecule has 1 atom stereocenters. The van der Waals surface area contributed by atoms with Crippen LogP contribution in [0.1, 0.15) is 63.0 Å². The number of piperidine rings is 1. The van der Waals surface area contributed by atoms with Crippen LogP contribution in [-0.2, 0) is 13.1 Å². The molecule has 2 N–H and O–H groups in total. The molecular formula is C25H34N6S. The molecule has 1 saturated carbocycles. The number of benzene rings is 1. The molecule has 3 heterocycles. The van der Waals surface area contributed by atoms with E-state index < -0.39 is 0 Å². The first-order valence-corrected chi connectivity index (χ1v) is 12.6. The summed E-state index contributed by atoms with van der Waals surface area (Å²) in [6.45, 7) is 6.18. The van der Waals surface area contributed by atoms with Gasteiger partial charge in [-0.25, -0.2) is 0 Å². The minimum absolute atomic E-state index is 0.461. The van der Waals surface area contributed by atoms with Crippen molar-refractivity contribution >= 4 is 34.9 Å². The van der Waals surface area contributed by atoms with Gasteiger partial charge < -0.3 is 20.4 Å². The Morgan fingerprint density at radius 1 is 0.938 bits per heavy atom. The molecule has 1 aromatic heterocycles. The molecule has 0 amide bonds. The number of hydrogen-bond donors (Lipinski definition) is 2. The van der Waals surface area contributed by atoms with Gasteiger partial charge in [0, 0.05) is 38.3 Å². The molecule has 6 nitrogen and oxygen atoms in total. The van der Waals surface area contributed by atoms with Crippen molar-refractivity contribution in [3.8, 4) is 0 Å². The van der Waals surface area contributed by atoms with Crippen LogP contribution >= 0.6 is 12.2 Å². The fraction of sp³-hybridized carbons (Fsp3) is 0.560. The Bertz CT molecular complexity index is 932. The maximum Gasteiger partial charge on any atom is 0.232 e. The summed E-state index contributed by atoms with van der Waals surface area (Å²) in [6, 6.07) is 11.3. The summed E-state index contributed by atoms with van der Waals surface area (Å²) in [5.41, 5.74) is 2.76. The molecule has 1 aliphatic carbocycles. The highest BCUT2D eigenvalue weighted by Gasteiger charge is 2.24. The molecule has 0 bridgehead atoms. The fourth-order valence-electron chi connectivity index (χ4n) is 5.26. The zero-order chi connectivity index (χ0) is 21.9. The molecule has 1 unspecified atom stereocenters. The van der Waals surface area contributed by atoms with Gasteiger partial charge in [-0.15, -0.1) is 0 Å². The highest BCUT2D eigenvalue weighted by Crippen LogP contribution is 2.31. The van der Waals surface area contributed by atoms with E-state index in [4.69, 9.17) is 22.2 Å². The Hall–Kier alpha value is -2.41. The lowest BCUT2D eigenvalue weighted by molar-refractivity contribution is 0.414. The number of nitrogens with zero attached hydrogens (tertiary/aromatic N) is 4. The average Bonchev–Trinajstić information content (AvgIpc) is 3.24. The molecule has 0 spiro atoms. The van der Waals surface area contributed by atoms with E-state index in [-0.39, 0.29) is 0 Å². The van der Waals surface area contributed by atoms with E-state index in [0.29, 0.717) is 23.0 Å². The third kappa shape index (κ3) is 4.98. The summed E-state index contributed by atoms with van der Waals surface area (Å²) in [4.78, 5) is 14.5. The number of rotatable bonds is 4. The van der Waals surface area contributed by atoms with Crippen LogP contribution in [-0.4, -0.2) is 34.2 Å². The van der Waals surface area contributed by atoms with Gasteiger partial charge in [0.25, 0.3) is 0 Å². The van der Waals surface area contributed by atoms with Crippen molar-refractivity contribution in [1.29, 1.82) is 0 Å². The second-order valence-corrected chi connectivity index (χ2v) is 10.1. The van der Waals surface area contributed by atoms with Crippen molar-refractivity contribution in [2.45, 2.75) is 71.0 Å². The summed E-state index contributed by atoms with van der Waals surface area (Å²) in [5.74, 6) is 3.25. The van der Waals surface area contributed by atoms with Gasteiger partial charge >= 0.3 is 0 Å². The molecule has 3 aliphatic rings. The molecule has 2 aliphatic heterocycles. The van der Waals surface area contributed by atoms with Gasteiger partial charge in [0.05, 0.1) is 0 Å². The van der Waals surface area contributed by atoms with Crippen molar-refractivity contribution in [1.82, 2.24) is 15.3 Å². The Labute approximate surface area is 196 Å². The van der Waals surface area contributed by atoms with Gasteiger partial charge in [0.1, 0.15) is 11.6 Å². The number of thiocarbonyl (C=S) groups is 1. The lowest BCUT2D eigenvalue weighted by atomic mass is 9.96. The Kier molecular flexibility index (Phi) is 6.44. The van der Waals surface area contributed by atoms with Crippen LogP contribution in [0.3, 0.4) is 0 Å². The monoisotopic (exact) mass is 450 g/mol. The molecule has 7 heteroatoms. The molecule has 2 fully saturated rings. The minimum atomic E-state index is 0.461. The number of aromatic nitrogens is 2. The van der Waals surface area contributed by atoms with Crippen molar-refractivity contribution in [3.05, 3.63) is 41.5 Å². The van der Waals surface area contributed by atoms with Crippen LogP contribution < -0.4 is 20.4 Å². The van der Waals surface area contributed by atoms with E-state index in [0.717, 1.165) is 37.8 Å². The molecule has 0 radical (unpaired) electrons. The smallest absolute Gasteiger partial charge is 0.232 e. The van der Waals surface area contributed by atoms with Gasteiger partial charge in [0.15, 0.2) is 5.11 Å². The molecular weight excluding hydrogens is 416 g/mol. The van der Waals surface area contributed by atoms with Crippen molar-refractivity contribution in [3.63, 3.8) is 0 Å². The number of nitrogens with one attached hydrogen (secondary N) is 2. The molecule has 2 aromatic rings. The summed E-state index contributed by atoms with van der Waals surface area (Å²) >= 11 is 5.64. The van der Waals surface area contributed by atoms with E-state index in [9.17, 15) is 0 Å². The predicted molar refractivity (Wildman–Crippen MR) is 135 cm³/mol. The zero-order valence-electron chi connectivity index (χ0n) is 19.0. The minimum Gasteiger partial charge on any atom is -0.360 e. The van der Waals surface area contributed by atoms with Crippen LogP contribution in [0.5, 0.6) is 0 Å². The Balaban J connectivity index is 1.37. The van der Waals surface area contributed by atoms with Crippen LogP contribution in [0.2, 0.25) is 0 Å². The van der Waals surface area contributed by atoms with Gasteiger partial charge in [-0.2, -0.15) is 9.97 Å². The summed E-state index contributed by atoms with van der Waals surface area (Å²) in [6.07, 6.45) is 8.76. The van der Waals surface area contributed by atoms with Gasteiger partial charge in [-0.05, 0) is 54.9 Å². The van der Waals surface area contributed by atoms with E-state index in [1.807, 2.05) is 0 Å². The van der Waals surface area contributed by atoms with Crippen LogP contribution in [0.4, 0.5) is 17.6 Å². The van der Waals surface area contributed by atoms with Gasteiger partial charge in [0.2, 0.25) is 5.95 Å². The third-order valence-corrected chi connectivity index (χ3v) is 7.23. The van der Waals surface area contributed by atoms with Crippen LogP contribution in [0.15, 0.2) is 30.3 Å². The summed E-state index contributed by atoms with van der Waals surface area (Å²) in [7, 11) is 0. The number of fused-ring (bicyclic) bond motifs is 1. The Morgan fingerprint density at radius 3 is 2.31 bits per heavy atom. The molecule has 32 heavy (non-hydrogen) atoms. The van der Waals surface area contributed by atoms with E-state index in [2.05, 4.69) is 57.7 Å². The SMILES string of the molecule is CC1CCCN(c2cc(N3Cc4ccccc4C3)nc(NC(=S)NC3CCCCC3)n2)C1. The quantitative estimate of drug-likeness (QED) is 0.646. The fourth-order valence-corrected chi connectivity index (χ4v) is 5.52. The maximum atomic E-state index is 5.64. The molecule has 170 valence electrons. The van der Waals surface area contributed by atoms with E-state index >= 15 is 0 Å². The topological polar surface area (TPSA) is 56.3 Å². The van der Waals surface area contributed by atoms with Crippen molar-refractivity contribution in [2.24, 2.45) is 5.92 Å². The highest BCUT2D eigenvalue weighted by molar-refractivity contribution is 7.80. The van der Waals surface area contributed by atoms with E-state index in [1.54, 1.807) is 0 Å². The molecule has 1 aromatic carbocycles. The molecule has 5 rings (SSSR count). The Morgan fingerprint density at radius 2 is 1.62 bits per heavy atom. The number of anilines is 3. The predicted octanol–water partition coefficient (Wildman–Crippen LogP) is 4.85.